The summed E-state index contributed by atoms with van der Waals surface area (Å²) in [5, 5.41) is 0. The summed E-state index contributed by atoms with van der Waals surface area (Å²) in [7, 11) is 1.65. The van der Waals surface area contributed by atoms with Crippen molar-refractivity contribution in [2.24, 2.45) is 0 Å². The third kappa shape index (κ3) is 1.90. The molecule has 0 unspecified atom stereocenters. The molecule has 2 rings (SSSR count). The molecule has 0 aliphatic heterocycles. The van der Waals surface area contributed by atoms with Crippen LogP contribution in [0.15, 0.2) is 24.3 Å². The van der Waals surface area contributed by atoms with Gasteiger partial charge in [0.05, 0.1) is 6.10 Å². The highest BCUT2D eigenvalue weighted by Gasteiger charge is 2.20. The second-order valence-corrected chi connectivity index (χ2v) is 3.37. The van der Waals surface area contributed by atoms with E-state index < -0.39 is 0 Å². The standard InChI is InChI=1S/C11H14O2/c1-12-8-13-11-6-9-4-2-3-5-10(9)7-11/h2-5,11H,6-8H2,1H3. The molecule has 0 amide bonds. The average molecular weight is 178 g/mol. The molecule has 0 saturated heterocycles. The number of hydrogen-bond donors (Lipinski definition) is 0. The van der Waals surface area contributed by atoms with Gasteiger partial charge in [-0.25, -0.2) is 0 Å². The maximum Gasteiger partial charge on any atom is 0.146 e. The van der Waals surface area contributed by atoms with Gasteiger partial charge in [-0.3, -0.25) is 0 Å². The maximum atomic E-state index is 5.51. The lowest BCUT2D eigenvalue weighted by Gasteiger charge is -2.08. The fourth-order valence-corrected chi connectivity index (χ4v) is 1.80. The molecule has 0 atom stereocenters. The molecule has 0 bridgehead atoms. The zero-order valence-electron chi connectivity index (χ0n) is 7.82. The van der Waals surface area contributed by atoms with Gasteiger partial charge in [-0.15, -0.1) is 0 Å². The molecule has 1 aliphatic rings. The molecule has 2 nitrogen and oxygen atoms in total. The Morgan fingerprint density at radius 2 is 1.85 bits per heavy atom. The Hall–Kier alpha value is -0.860. The van der Waals surface area contributed by atoms with Crippen molar-refractivity contribution in [3.63, 3.8) is 0 Å². The third-order valence-electron chi connectivity index (χ3n) is 2.44. The Balaban J connectivity index is 1.97. The molecule has 0 radical (unpaired) electrons. The highest BCUT2D eigenvalue weighted by molar-refractivity contribution is 5.32. The SMILES string of the molecule is COCOC1Cc2ccccc2C1. The lowest BCUT2D eigenvalue weighted by molar-refractivity contribution is -0.0675. The smallest absolute Gasteiger partial charge is 0.146 e. The van der Waals surface area contributed by atoms with E-state index in [9.17, 15) is 0 Å². The molecular weight excluding hydrogens is 164 g/mol. The number of hydrogen-bond acceptors (Lipinski definition) is 2. The van der Waals surface area contributed by atoms with Crippen molar-refractivity contribution in [2.75, 3.05) is 13.9 Å². The van der Waals surface area contributed by atoms with Gasteiger partial charge in [-0.2, -0.15) is 0 Å². The van der Waals surface area contributed by atoms with Gasteiger partial charge in [0.2, 0.25) is 0 Å². The highest BCUT2D eigenvalue weighted by Crippen LogP contribution is 2.23. The first-order valence-electron chi connectivity index (χ1n) is 4.57. The summed E-state index contributed by atoms with van der Waals surface area (Å²) in [6.45, 7) is 0.401. The van der Waals surface area contributed by atoms with Crippen LogP contribution in [0.1, 0.15) is 11.1 Å². The van der Waals surface area contributed by atoms with Crippen LogP contribution in [0.3, 0.4) is 0 Å². The molecule has 1 aromatic carbocycles. The van der Waals surface area contributed by atoms with Crippen LogP contribution in [0.4, 0.5) is 0 Å². The van der Waals surface area contributed by atoms with E-state index >= 15 is 0 Å². The Bertz CT molecular complexity index is 258. The van der Waals surface area contributed by atoms with Gasteiger partial charge in [0.15, 0.2) is 0 Å². The summed E-state index contributed by atoms with van der Waals surface area (Å²) in [4.78, 5) is 0. The zero-order chi connectivity index (χ0) is 9.10. The Morgan fingerprint density at radius 1 is 1.23 bits per heavy atom. The predicted octanol–water partition coefficient (Wildman–Crippen LogP) is 1.77. The quantitative estimate of drug-likeness (QED) is 0.657. The van der Waals surface area contributed by atoms with Gasteiger partial charge in [-0.05, 0) is 24.0 Å². The molecule has 0 spiro atoms. The maximum absolute atomic E-state index is 5.51. The molecule has 0 aromatic heterocycles. The van der Waals surface area contributed by atoms with E-state index in [1.54, 1.807) is 7.11 Å². The van der Waals surface area contributed by atoms with Crippen LogP contribution in [-0.4, -0.2) is 20.0 Å². The van der Waals surface area contributed by atoms with Gasteiger partial charge in [-0.1, -0.05) is 24.3 Å². The summed E-state index contributed by atoms with van der Waals surface area (Å²) in [6.07, 6.45) is 2.37. The second kappa shape index (κ2) is 3.90. The summed E-state index contributed by atoms with van der Waals surface area (Å²) in [5.74, 6) is 0. The number of rotatable bonds is 3. The van der Waals surface area contributed by atoms with Gasteiger partial charge in [0, 0.05) is 7.11 Å². The van der Waals surface area contributed by atoms with Crippen LogP contribution in [0.25, 0.3) is 0 Å². The monoisotopic (exact) mass is 178 g/mol. The zero-order valence-corrected chi connectivity index (χ0v) is 7.82. The minimum absolute atomic E-state index is 0.317. The van der Waals surface area contributed by atoms with Crippen molar-refractivity contribution >= 4 is 0 Å². The van der Waals surface area contributed by atoms with E-state index in [-0.39, 0.29) is 0 Å². The van der Waals surface area contributed by atoms with Crippen molar-refractivity contribution in [2.45, 2.75) is 18.9 Å². The molecule has 70 valence electrons. The second-order valence-electron chi connectivity index (χ2n) is 3.37. The first-order chi connectivity index (χ1) is 6.40. The number of ether oxygens (including phenoxy) is 2. The van der Waals surface area contributed by atoms with Crippen molar-refractivity contribution in [3.8, 4) is 0 Å². The summed E-state index contributed by atoms with van der Waals surface area (Å²) < 4.78 is 10.4. The number of benzene rings is 1. The van der Waals surface area contributed by atoms with Crippen LogP contribution in [-0.2, 0) is 22.3 Å². The lowest BCUT2D eigenvalue weighted by atomic mass is 10.1. The first kappa shape index (κ1) is 8.73. The molecule has 2 heteroatoms. The largest absolute Gasteiger partial charge is 0.359 e. The Morgan fingerprint density at radius 3 is 2.38 bits per heavy atom. The van der Waals surface area contributed by atoms with Crippen LogP contribution in [0, 0.1) is 0 Å². The van der Waals surface area contributed by atoms with Crippen LogP contribution >= 0.6 is 0 Å². The number of methoxy groups -OCH3 is 1. The van der Waals surface area contributed by atoms with E-state index in [4.69, 9.17) is 9.47 Å². The van der Waals surface area contributed by atoms with Crippen molar-refractivity contribution in [3.05, 3.63) is 35.4 Å². The van der Waals surface area contributed by atoms with E-state index in [0.717, 1.165) is 12.8 Å². The van der Waals surface area contributed by atoms with E-state index in [1.165, 1.54) is 11.1 Å². The summed E-state index contributed by atoms with van der Waals surface area (Å²) in [5.41, 5.74) is 2.84. The van der Waals surface area contributed by atoms with E-state index in [1.807, 2.05) is 0 Å². The van der Waals surface area contributed by atoms with Gasteiger partial charge >= 0.3 is 0 Å². The molecule has 0 N–H and O–H groups in total. The van der Waals surface area contributed by atoms with Gasteiger partial charge in [0.1, 0.15) is 6.79 Å². The fraction of sp³-hybridized carbons (Fsp3) is 0.455. The Kier molecular flexibility index (Phi) is 2.62. The fourth-order valence-electron chi connectivity index (χ4n) is 1.80. The van der Waals surface area contributed by atoms with Gasteiger partial charge in [0.25, 0.3) is 0 Å². The minimum atomic E-state index is 0.317. The Labute approximate surface area is 78.5 Å². The predicted molar refractivity (Wildman–Crippen MR) is 50.6 cm³/mol. The molecule has 0 heterocycles. The summed E-state index contributed by atoms with van der Waals surface area (Å²) in [6, 6.07) is 8.51. The van der Waals surface area contributed by atoms with Crippen molar-refractivity contribution in [1.29, 1.82) is 0 Å². The lowest BCUT2D eigenvalue weighted by Crippen LogP contribution is -2.14. The molecule has 13 heavy (non-hydrogen) atoms. The molecule has 1 aromatic rings. The molecule has 1 aliphatic carbocycles. The molecule has 0 fully saturated rings. The van der Waals surface area contributed by atoms with Crippen molar-refractivity contribution < 1.29 is 9.47 Å². The van der Waals surface area contributed by atoms with Gasteiger partial charge < -0.3 is 9.47 Å². The molecule has 0 saturated carbocycles. The topological polar surface area (TPSA) is 18.5 Å². The average Bonchev–Trinajstić information content (AvgIpc) is 2.57. The first-order valence-corrected chi connectivity index (χ1v) is 4.57. The van der Waals surface area contributed by atoms with Crippen LogP contribution in [0.5, 0.6) is 0 Å². The normalized spacial score (nSPS) is 16.1. The van der Waals surface area contributed by atoms with E-state index in [0.29, 0.717) is 12.9 Å². The van der Waals surface area contributed by atoms with Crippen LogP contribution < -0.4 is 0 Å². The summed E-state index contributed by atoms with van der Waals surface area (Å²) >= 11 is 0. The number of fused-ring (bicyclic) bond motifs is 1. The van der Waals surface area contributed by atoms with E-state index in [2.05, 4.69) is 24.3 Å². The van der Waals surface area contributed by atoms with Crippen LogP contribution in [0.2, 0.25) is 0 Å². The van der Waals surface area contributed by atoms with Crippen molar-refractivity contribution in [1.82, 2.24) is 0 Å². The minimum Gasteiger partial charge on any atom is -0.359 e. The highest BCUT2D eigenvalue weighted by atomic mass is 16.7. The third-order valence-corrected chi connectivity index (χ3v) is 2.44. The molecular formula is C11H14O2.